The summed E-state index contributed by atoms with van der Waals surface area (Å²) in [6.45, 7) is 2.04. The predicted octanol–water partition coefficient (Wildman–Crippen LogP) is -0.697. The molecule has 0 saturated heterocycles. The average molecular weight is 240 g/mol. The van der Waals surface area contributed by atoms with E-state index >= 15 is 0 Å². The lowest BCUT2D eigenvalue weighted by Crippen LogP contribution is -2.15. The van der Waals surface area contributed by atoms with Gasteiger partial charge in [-0.3, -0.25) is 0 Å². The SMILES string of the molecule is CN(C)CCO.CN(C)CCO.O=C(O)O. The Morgan fingerprint density at radius 1 is 0.875 bits per heavy atom. The van der Waals surface area contributed by atoms with E-state index in [1.165, 1.54) is 0 Å². The first kappa shape index (κ1) is 20.5. The van der Waals surface area contributed by atoms with E-state index in [0.717, 1.165) is 13.1 Å². The predicted molar refractivity (Wildman–Crippen MR) is 61.9 cm³/mol. The van der Waals surface area contributed by atoms with Crippen LogP contribution in [0.1, 0.15) is 0 Å². The number of hydrogen-bond donors (Lipinski definition) is 4. The van der Waals surface area contributed by atoms with E-state index < -0.39 is 6.16 Å². The zero-order valence-electron chi connectivity index (χ0n) is 10.4. The third kappa shape index (κ3) is 73.6. The standard InChI is InChI=1S/2C4H11NO.CH2O3/c2*1-5(2)3-4-6;2-1(3)4/h2*6H,3-4H2,1-2H3;(H2,2,3,4). The Morgan fingerprint density at radius 3 is 1.06 bits per heavy atom. The molecule has 0 aromatic rings. The number of likely N-dealkylation sites (N-methyl/N-ethyl adjacent to an activating group) is 2. The second-order valence-electron chi connectivity index (χ2n) is 3.34. The molecule has 0 bridgehead atoms. The smallest absolute Gasteiger partial charge is 0.450 e. The number of carbonyl (C=O) groups is 1. The third-order valence-electron chi connectivity index (χ3n) is 1.09. The van der Waals surface area contributed by atoms with Crippen molar-refractivity contribution in [1.82, 2.24) is 9.80 Å². The molecular weight excluding hydrogens is 216 g/mol. The van der Waals surface area contributed by atoms with Gasteiger partial charge in [0.15, 0.2) is 0 Å². The Labute approximate surface area is 96.5 Å². The van der Waals surface area contributed by atoms with Crippen molar-refractivity contribution in [3.8, 4) is 0 Å². The van der Waals surface area contributed by atoms with Gasteiger partial charge in [-0.2, -0.15) is 0 Å². The molecule has 4 N–H and O–H groups in total. The third-order valence-corrected chi connectivity index (χ3v) is 1.09. The maximum atomic E-state index is 8.56. The van der Waals surface area contributed by atoms with Crippen molar-refractivity contribution in [2.45, 2.75) is 0 Å². The van der Waals surface area contributed by atoms with Crippen LogP contribution in [-0.2, 0) is 0 Å². The van der Waals surface area contributed by atoms with E-state index in [-0.39, 0.29) is 13.2 Å². The Balaban J connectivity index is -0.000000162. The van der Waals surface area contributed by atoms with Gasteiger partial charge in [-0.15, -0.1) is 0 Å². The molecule has 0 atom stereocenters. The van der Waals surface area contributed by atoms with E-state index in [1.807, 2.05) is 38.0 Å². The zero-order chi connectivity index (χ0) is 13.6. The summed E-state index contributed by atoms with van der Waals surface area (Å²) in [4.78, 5) is 12.4. The van der Waals surface area contributed by atoms with Crippen molar-refractivity contribution < 1.29 is 25.2 Å². The molecule has 0 amide bonds. The van der Waals surface area contributed by atoms with Gasteiger partial charge in [0.05, 0.1) is 13.2 Å². The van der Waals surface area contributed by atoms with Crippen LogP contribution in [0.2, 0.25) is 0 Å². The van der Waals surface area contributed by atoms with Gasteiger partial charge >= 0.3 is 6.16 Å². The summed E-state index contributed by atoms with van der Waals surface area (Å²) in [6.07, 6.45) is -1.83. The molecule has 0 fully saturated rings. The quantitative estimate of drug-likeness (QED) is 0.515. The lowest BCUT2D eigenvalue weighted by Gasteiger charge is -2.03. The average Bonchev–Trinajstić information content (AvgIpc) is 2.02. The highest BCUT2D eigenvalue weighted by molar-refractivity contribution is 5.53. The van der Waals surface area contributed by atoms with Gasteiger partial charge in [0, 0.05) is 13.1 Å². The summed E-state index contributed by atoms with van der Waals surface area (Å²) in [6, 6.07) is 0. The van der Waals surface area contributed by atoms with Crippen LogP contribution in [0.5, 0.6) is 0 Å². The summed E-state index contributed by atoms with van der Waals surface area (Å²) in [5, 5.41) is 30.3. The maximum Gasteiger partial charge on any atom is 0.503 e. The minimum Gasteiger partial charge on any atom is -0.450 e. The largest absolute Gasteiger partial charge is 0.503 e. The van der Waals surface area contributed by atoms with E-state index in [2.05, 4.69) is 0 Å². The fraction of sp³-hybridized carbons (Fsp3) is 0.889. The first-order chi connectivity index (χ1) is 7.27. The van der Waals surface area contributed by atoms with Crippen molar-refractivity contribution in [3.05, 3.63) is 0 Å². The molecule has 0 spiro atoms. The molecule has 0 aliphatic heterocycles. The van der Waals surface area contributed by atoms with Crippen molar-refractivity contribution in [1.29, 1.82) is 0 Å². The van der Waals surface area contributed by atoms with Crippen LogP contribution < -0.4 is 0 Å². The lowest BCUT2D eigenvalue weighted by atomic mass is 10.6. The summed E-state index contributed by atoms with van der Waals surface area (Å²) >= 11 is 0. The van der Waals surface area contributed by atoms with Crippen LogP contribution in [0.15, 0.2) is 0 Å². The lowest BCUT2D eigenvalue weighted by molar-refractivity contribution is 0.137. The fourth-order valence-corrected chi connectivity index (χ4v) is 0.400. The van der Waals surface area contributed by atoms with E-state index in [9.17, 15) is 0 Å². The first-order valence-electron chi connectivity index (χ1n) is 4.71. The van der Waals surface area contributed by atoms with Crippen molar-refractivity contribution in [3.63, 3.8) is 0 Å². The van der Waals surface area contributed by atoms with Crippen molar-refractivity contribution in [2.24, 2.45) is 0 Å². The summed E-state index contributed by atoms with van der Waals surface area (Å²) in [5.74, 6) is 0. The number of aliphatic hydroxyl groups excluding tert-OH is 2. The molecule has 0 aromatic heterocycles. The highest BCUT2D eigenvalue weighted by Crippen LogP contribution is 1.66. The normalized spacial score (nSPS) is 9.00. The Kier molecular flexibility index (Phi) is 21.2. The van der Waals surface area contributed by atoms with Crippen molar-refractivity contribution in [2.75, 3.05) is 54.5 Å². The molecule has 7 nitrogen and oxygen atoms in total. The highest BCUT2D eigenvalue weighted by atomic mass is 16.6. The number of carboxylic acid groups (broad SMARTS) is 2. The molecule has 0 aromatic carbocycles. The van der Waals surface area contributed by atoms with Gasteiger partial charge in [-0.1, -0.05) is 0 Å². The highest BCUT2D eigenvalue weighted by Gasteiger charge is 1.81. The van der Waals surface area contributed by atoms with Crippen molar-refractivity contribution >= 4 is 6.16 Å². The molecule has 0 aliphatic carbocycles. The van der Waals surface area contributed by atoms with Gasteiger partial charge in [0.2, 0.25) is 0 Å². The Hall–Kier alpha value is -0.890. The van der Waals surface area contributed by atoms with Crippen LogP contribution in [0, 0.1) is 0 Å². The Bertz CT molecular complexity index is 128. The molecular formula is C9H24N2O5. The van der Waals surface area contributed by atoms with E-state index in [0.29, 0.717) is 0 Å². The summed E-state index contributed by atoms with van der Waals surface area (Å²) in [7, 11) is 7.71. The molecule has 0 rings (SSSR count). The number of hydrogen-bond acceptors (Lipinski definition) is 5. The number of nitrogens with zero attached hydrogens (tertiary/aromatic N) is 2. The molecule has 0 radical (unpaired) electrons. The van der Waals surface area contributed by atoms with Crippen LogP contribution in [-0.4, -0.2) is 90.9 Å². The zero-order valence-corrected chi connectivity index (χ0v) is 10.4. The second kappa shape index (κ2) is 16.5. The maximum absolute atomic E-state index is 8.56. The number of rotatable bonds is 4. The molecule has 0 aliphatic rings. The minimum atomic E-state index is -1.83. The first-order valence-corrected chi connectivity index (χ1v) is 4.71. The van der Waals surface area contributed by atoms with Gasteiger partial charge in [-0.05, 0) is 28.2 Å². The van der Waals surface area contributed by atoms with Crippen LogP contribution >= 0.6 is 0 Å². The Morgan fingerprint density at radius 2 is 1.06 bits per heavy atom. The van der Waals surface area contributed by atoms with Gasteiger partial charge < -0.3 is 30.2 Å². The molecule has 0 saturated carbocycles. The van der Waals surface area contributed by atoms with Crippen LogP contribution in [0.25, 0.3) is 0 Å². The van der Waals surface area contributed by atoms with Crippen LogP contribution in [0.4, 0.5) is 4.79 Å². The van der Waals surface area contributed by atoms with Crippen LogP contribution in [0.3, 0.4) is 0 Å². The number of aliphatic hydroxyl groups is 2. The molecule has 7 heteroatoms. The second-order valence-corrected chi connectivity index (χ2v) is 3.34. The molecule has 100 valence electrons. The monoisotopic (exact) mass is 240 g/mol. The summed E-state index contributed by atoms with van der Waals surface area (Å²) < 4.78 is 0. The van der Waals surface area contributed by atoms with Gasteiger partial charge in [0.1, 0.15) is 0 Å². The van der Waals surface area contributed by atoms with Gasteiger partial charge in [0.25, 0.3) is 0 Å². The minimum absolute atomic E-state index is 0.257. The molecule has 0 unspecified atom stereocenters. The molecule has 0 heterocycles. The van der Waals surface area contributed by atoms with E-state index in [4.69, 9.17) is 25.2 Å². The fourth-order valence-electron chi connectivity index (χ4n) is 0.400. The molecule has 16 heavy (non-hydrogen) atoms. The van der Waals surface area contributed by atoms with E-state index in [1.54, 1.807) is 0 Å². The topological polar surface area (TPSA) is 104 Å². The summed E-state index contributed by atoms with van der Waals surface area (Å²) in [5.41, 5.74) is 0. The van der Waals surface area contributed by atoms with Gasteiger partial charge in [-0.25, -0.2) is 4.79 Å².